The third-order valence-electron chi connectivity index (χ3n) is 5.68. The Bertz CT molecular complexity index is 1470. The fourth-order valence-corrected chi connectivity index (χ4v) is 4.94. The molecule has 38 heavy (non-hydrogen) atoms. The lowest BCUT2D eigenvalue weighted by Crippen LogP contribution is -2.54. The first-order valence-corrected chi connectivity index (χ1v) is 13.0. The van der Waals surface area contributed by atoms with E-state index in [-0.39, 0.29) is 23.2 Å². The maximum atomic E-state index is 13.2. The number of para-hydroxylation sites is 1. The smallest absolute Gasteiger partial charge is 0.270 e. The second-order valence-electron chi connectivity index (χ2n) is 8.48. The highest BCUT2D eigenvalue weighted by Gasteiger charge is 2.34. The quantitative estimate of drug-likeness (QED) is 0.167. The summed E-state index contributed by atoms with van der Waals surface area (Å²) < 4.78 is 11.9. The van der Waals surface area contributed by atoms with E-state index < -0.39 is 11.8 Å². The van der Waals surface area contributed by atoms with E-state index in [4.69, 9.17) is 21.7 Å². The van der Waals surface area contributed by atoms with Crippen LogP contribution < -0.4 is 25.0 Å². The molecule has 0 bridgehead atoms. The van der Waals surface area contributed by atoms with Crippen LogP contribution in [0.4, 0.5) is 11.4 Å². The van der Waals surface area contributed by atoms with Gasteiger partial charge in [-0.3, -0.25) is 24.6 Å². The molecule has 8 nitrogen and oxygen atoms in total. The van der Waals surface area contributed by atoms with Gasteiger partial charge in [-0.2, -0.15) is 0 Å². The fraction of sp³-hybridized carbons (Fsp3) is 0.143. The number of methoxy groups -OCH3 is 1. The van der Waals surface area contributed by atoms with Crippen LogP contribution in [-0.2, 0) is 14.4 Å². The van der Waals surface area contributed by atoms with Crippen LogP contribution in [0.2, 0.25) is 0 Å². The molecule has 1 aliphatic heterocycles. The molecule has 0 saturated carbocycles. The van der Waals surface area contributed by atoms with Crippen molar-refractivity contribution < 1.29 is 23.9 Å². The molecule has 3 amide bonds. The summed E-state index contributed by atoms with van der Waals surface area (Å²) in [7, 11) is 1.47. The first-order chi connectivity index (χ1) is 18.2. The van der Waals surface area contributed by atoms with Crippen molar-refractivity contribution in [2.75, 3.05) is 23.9 Å². The molecule has 0 unspecified atom stereocenters. The number of halogens is 1. The third-order valence-corrected chi connectivity index (χ3v) is 6.77. The molecular formula is C28H24IN3O5S. The Hall–Kier alpha value is -3.77. The normalized spacial score (nSPS) is 14.4. The third kappa shape index (κ3) is 6.03. The van der Waals surface area contributed by atoms with Crippen LogP contribution in [-0.4, -0.2) is 36.6 Å². The predicted molar refractivity (Wildman–Crippen MR) is 158 cm³/mol. The zero-order valence-electron chi connectivity index (χ0n) is 20.8. The number of nitrogens with zero attached hydrogens (tertiary/aromatic N) is 1. The molecule has 0 aromatic heterocycles. The maximum Gasteiger partial charge on any atom is 0.270 e. The number of rotatable bonds is 7. The number of nitrogens with one attached hydrogen (secondary N) is 2. The molecule has 0 aliphatic carbocycles. The highest BCUT2D eigenvalue weighted by Crippen LogP contribution is 2.35. The molecule has 0 radical (unpaired) electrons. The molecule has 2 N–H and O–H groups in total. The minimum Gasteiger partial charge on any atom is -0.493 e. The molecule has 3 aromatic carbocycles. The van der Waals surface area contributed by atoms with Gasteiger partial charge in [0.25, 0.3) is 17.7 Å². The van der Waals surface area contributed by atoms with Gasteiger partial charge in [-0.15, -0.1) is 0 Å². The standard InChI is InChI=1S/C28H24IN3O5S/c1-16-9-10-22(17(2)11-16)30-24(33)15-37-25-21(29)13-18(14-23(25)36-3)12-20-26(34)31-28(38)32(27(20)35)19-7-5-4-6-8-19/h4-14H,15H2,1-3H3,(H,30,33)(H,31,34,38)/b20-12-. The highest BCUT2D eigenvalue weighted by atomic mass is 127. The average molecular weight is 641 g/mol. The summed E-state index contributed by atoms with van der Waals surface area (Å²) in [6, 6.07) is 18.0. The van der Waals surface area contributed by atoms with Crippen LogP contribution >= 0.6 is 34.8 Å². The Kier molecular flexibility index (Phi) is 8.42. The summed E-state index contributed by atoms with van der Waals surface area (Å²) in [5.74, 6) is -0.728. The van der Waals surface area contributed by atoms with Crippen LogP contribution in [0, 0.1) is 17.4 Å². The second-order valence-corrected chi connectivity index (χ2v) is 10.0. The number of carbonyl (C=O) groups excluding carboxylic acids is 3. The van der Waals surface area contributed by atoms with Gasteiger partial charge >= 0.3 is 0 Å². The van der Waals surface area contributed by atoms with Crippen molar-refractivity contribution >= 4 is 75.1 Å². The minimum atomic E-state index is -0.593. The van der Waals surface area contributed by atoms with Crippen molar-refractivity contribution in [3.8, 4) is 11.5 Å². The van der Waals surface area contributed by atoms with E-state index in [1.54, 1.807) is 36.4 Å². The number of aryl methyl sites for hydroxylation is 2. The van der Waals surface area contributed by atoms with Crippen molar-refractivity contribution in [2.45, 2.75) is 13.8 Å². The number of hydrogen-bond donors (Lipinski definition) is 2. The second kappa shape index (κ2) is 11.7. The number of ether oxygens (including phenoxy) is 2. The molecule has 10 heteroatoms. The maximum absolute atomic E-state index is 13.2. The van der Waals surface area contributed by atoms with Crippen LogP contribution in [0.3, 0.4) is 0 Å². The topological polar surface area (TPSA) is 97.0 Å². The van der Waals surface area contributed by atoms with Gasteiger partial charge in [-0.25, -0.2) is 0 Å². The van der Waals surface area contributed by atoms with E-state index >= 15 is 0 Å². The summed E-state index contributed by atoms with van der Waals surface area (Å²) in [5, 5.41) is 5.43. The van der Waals surface area contributed by atoms with Crippen LogP contribution in [0.25, 0.3) is 6.08 Å². The summed E-state index contributed by atoms with van der Waals surface area (Å²) in [6.45, 7) is 3.68. The van der Waals surface area contributed by atoms with Gasteiger partial charge in [-0.1, -0.05) is 35.9 Å². The first kappa shape index (κ1) is 27.3. The lowest BCUT2D eigenvalue weighted by Gasteiger charge is -2.28. The van der Waals surface area contributed by atoms with Crippen LogP contribution in [0.15, 0.2) is 66.2 Å². The zero-order chi connectivity index (χ0) is 27.4. The Labute approximate surface area is 239 Å². The Morgan fingerprint density at radius 2 is 1.84 bits per heavy atom. The Balaban J connectivity index is 1.55. The fourth-order valence-electron chi connectivity index (χ4n) is 3.88. The molecule has 0 atom stereocenters. The molecule has 4 rings (SSSR count). The van der Waals surface area contributed by atoms with Gasteiger partial charge in [0, 0.05) is 5.69 Å². The molecule has 3 aromatic rings. The van der Waals surface area contributed by atoms with Gasteiger partial charge in [0.1, 0.15) is 5.57 Å². The molecule has 1 aliphatic rings. The van der Waals surface area contributed by atoms with Crippen molar-refractivity contribution in [3.05, 3.63) is 86.5 Å². The van der Waals surface area contributed by atoms with E-state index in [0.29, 0.717) is 32.0 Å². The first-order valence-electron chi connectivity index (χ1n) is 11.5. The van der Waals surface area contributed by atoms with Gasteiger partial charge in [0.2, 0.25) is 0 Å². The average Bonchev–Trinajstić information content (AvgIpc) is 2.87. The summed E-state index contributed by atoms with van der Waals surface area (Å²) in [6.07, 6.45) is 1.47. The highest BCUT2D eigenvalue weighted by molar-refractivity contribution is 14.1. The van der Waals surface area contributed by atoms with Crippen molar-refractivity contribution in [3.63, 3.8) is 0 Å². The summed E-state index contributed by atoms with van der Waals surface area (Å²) >= 11 is 7.29. The SMILES string of the molecule is COc1cc(/C=C2/C(=O)NC(=S)N(c3ccccc3)C2=O)cc(I)c1OCC(=O)Nc1ccc(C)cc1C. The van der Waals surface area contributed by atoms with Crippen molar-refractivity contribution in [2.24, 2.45) is 0 Å². The lowest BCUT2D eigenvalue weighted by molar-refractivity contribution is -0.122. The number of hydrogen-bond acceptors (Lipinski definition) is 6. The Morgan fingerprint density at radius 1 is 1.11 bits per heavy atom. The summed E-state index contributed by atoms with van der Waals surface area (Å²) in [4.78, 5) is 39.7. The van der Waals surface area contributed by atoms with E-state index in [2.05, 4.69) is 33.2 Å². The molecular weight excluding hydrogens is 617 g/mol. The monoisotopic (exact) mass is 641 g/mol. The van der Waals surface area contributed by atoms with E-state index in [1.807, 2.05) is 38.1 Å². The van der Waals surface area contributed by atoms with E-state index in [1.165, 1.54) is 18.1 Å². The van der Waals surface area contributed by atoms with Crippen molar-refractivity contribution in [1.82, 2.24) is 5.32 Å². The Morgan fingerprint density at radius 3 is 2.53 bits per heavy atom. The summed E-state index contributed by atoms with van der Waals surface area (Å²) in [5.41, 5.74) is 3.78. The van der Waals surface area contributed by atoms with E-state index in [9.17, 15) is 14.4 Å². The van der Waals surface area contributed by atoms with Crippen LogP contribution in [0.5, 0.6) is 11.5 Å². The number of benzene rings is 3. The van der Waals surface area contributed by atoms with Gasteiger partial charge in [0.05, 0.1) is 16.4 Å². The molecule has 1 saturated heterocycles. The van der Waals surface area contributed by atoms with Crippen LogP contribution in [0.1, 0.15) is 16.7 Å². The number of amides is 3. The number of carbonyl (C=O) groups is 3. The molecule has 194 valence electrons. The largest absolute Gasteiger partial charge is 0.493 e. The molecule has 1 fully saturated rings. The molecule has 0 spiro atoms. The van der Waals surface area contributed by atoms with Gasteiger partial charge in [0.15, 0.2) is 23.2 Å². The molecule has 1 heterocycles. The zero-order valence-corrected chi connectivity index (χ0v) is 23.8. The predicted octanol–water partition coefficient (Wildman–Crippen LogP) is 4.77. The minimum absolute atomic E-state index is 0.0124. The van der Waals surface area contributed by atoms with Gasteiger partial charge < -0.3 is 14.8 Å². The van der Waals surface area contributed by atoms with Gasteiger partial charge in [-0.05, 0) is 96.2 Å². The number of anilines is 2. The number of thiocarbonyl (C=S) groups is 1. The lowest BCUT2D eigenvalue weighted by atomic mass is 10.1. The van der Waals surface area contributed by atoms with E-state index in [0.717, 1.165) is 11.1 Å². The van der Waals surface area contributed by atoms with Crippen molar-refractivity contribution in [1.29, 1.82) is 0 Å².